The van der Waals surface area contributed by atoms with Crippen LogP contribution in [-0.4, -0.2) is 43.2 Å². The van der Waals surface area contributed by atoms with Gasteiger partial charge in [-0.2, -0.15) is 5.26 Å². The van der Waals surface area contributed by atoms with Gasteiger partial charge in [-0.15, -0.1) is 0 Å². The van der Waals surface area contributed by atoms with E-state index in [2.05, 4.69) is 0 Å². The summed E-state index contributed by atoms with van der Waals surface area (Å²) in [6, 6.07) is 8.78. The molecule has 1 aliphatic rings. The summed E-state index contributed by atoms with van der Waals surface area (Å²) in [5, 5.41) is 8.72. The van der Waals surface area contributed by atoms with Gasteiger partial charge >= 0.3 is 0 Å². The van der Waals surface area contributed by atoms with Crippen molar-refractivity contribution in [1.29, 1.82) is 5.26 Å². The van der Waals surface area contributed by atoms with Crippen molar-refractivity contribution in [2.75, 3.05) is 26.3 Å². The monoisotopic (exact) mass is 288 g/mol. The van der Waals surface area contributed by atoms with Crippen LogP contribution in [0.25, 0.3) is 0 Å². The molecule has 0 aliphatic carbocycles. The Morgan fingerprint density at radius 2 is 2.24 bits per heavy atom. The standard InChI is InChI=1S/C16H20N2O3/c1-2-18(11-15-4-3-9-20-15)16(19)12-21-14-7-5-13(10-17)6-8-14/h5-8,15H,2-4,9,11-12H2,1H3. The second kappa shape index (κ2) is 7.65. The Bertz CT molecular complexity index is 501. The lowest BCUT2D eigenvalue weighted by molar-refractivity contribution is -0.134. The van der Waals surface area contributed by atoms with E-state index in [1.165, 1.54) is 0 Å². The third-order valence-electron chi connectivity index (χ3n) is 3.53. The van der Waals surface area contributed by atoms with Gasteiger partial charge in [0.1, 0.15) is 5.75 Å². The summed E-state index contributed by atoms with van der Waals surface area (Å²) in [6.45, 7) is 4.03. The molecule has 1 aromatic carbocycles. The van der Waals surface area contributed by atoms with Gasteiger partial charge in [0.15, 0.2) is 6.61 Å². The van der Waals surface area contributed by atoms with Gasteiger partial charge in [0.25, 0.3) is 5.91 Å². The Balaban J connectivity index is 1.82. The van der Waals surface area contributed by atoms with Crippen molar-refractivity contribution >= 4 is 5.91 Å². The number of hydrogen-bond acceptors (Lipinski definition) is 4. The molecule has 1 unspecified atom stereocenters. The van der Waals surface area contributed by atoms with Crippen LogP contribution < -0.4 is 4.74 Å². The summed E-state index contributed by atoms with van der Waals surface area (Å²) in [7, 11) is 0. The van der Waals surface area contributed by atoms with Gasteiger partial charge < -0.3 is 14.4 Å². The zero-order valence-corrected chi connectivity index (χ0v) is 12.2. The smallest absolute Gasteiger partial charge is 0.260 e. The van der Waals surface area contributed by atoms with Gasteiger partial charge in [0.05, 0.1) is 17.7 Å². The van der Waals surface area contributed by atoms with E-state index in [4.69, 9.17) is 14.7 Å². The van der Waals surface area contributed by atoms with Crippen LogP contribution in [-0.2, 0) is 9.53 Å². The van der Waals surface area contributed by atoms with Gasteiger partial charge in [-0.25, -0.2) is 0 Å². The van der Waals surface area contributed by atoms with E-state index < -0.39 is 0 Å². The number of likely N-dealkylation sites (N-methyl/N-ethyl adjacent to an activating group) is 1. The normalized spacial score (nSPS) is 17.2. The molecule has 0 aromatic heterocycles. The number of benzene rings is 1. The van der Waals surface area contributed by atoms with Crippen molar-refractivity contribution < 1.29 is 14.3 Å². The number of hydrogen-bond donors (Lipinski definition) is 0. The molecule has 1 aromatic rings. The predicted octanol–water partition coefficient (Wildman–Crippen LogP) is 1.96. The van der Waals surface area contributed by atoms with Crippen molar-refractivity contribution in [3.8, 4) is 11.8 Å². The van der Waals surface area contributed by atoms with Crippen LogP contribution >= 0.6 is 0 Å². The molecule has 1 saturated heterocycles. The van der Waals surface area contributed by atoms with Crippen LogP contribution in [0, 0.1) is 11.3 Å². The second-order valence-electron chi connectivity index (χ2n) is 4.99. The third kappa shape index (κ3) is 4.47. The fraction of sp³-hybridized carbons (Fsp3) is 0.500. The third-order valence-corrected chi connectivity index (χ3v) is 3.53. The van der Waals surface area contributed by atoms with E-state index >= 15 is 0 Å². The van der Waals surface area contributed by atoms with E-state index in [9.17, 15) is 4.79 Å². The average Bonchev–Trinajstić information content (AvgIpc) is 3.03. The molecule has 5 heteroatoms. The van der Waals surface area contributed by atoms with E-state index in [-0.39, 0.29) is 18.6 Å². The molecule has 112 valence electrons. The lowest BCUT2D eigenvalue weighted by Crippen LogP contribution is -2.39. The van der Waals surface area contributed by atoms with Gasteiger partial charge in [-0.05, 0) is 44.0 Å². The molecular weight excluding hydrogens is 268 g/mol. The summed E-state index contributed by atoms with van der Waals surface area (Å²) in [4.78, 5) is 13.9. The first-order valence-electron chi connectivity index (χ1n) is 7.25. The number of carbonyl (C=O) groups is 1. The molecule has 1 amide bonds. The van der Waals surface area contributed by atoms with Crippen LogP contribution in [0.15, 0.2) is 24.3 Å². The van der Waals surface area contributed by atoms with Crippen LogP contribution in [0.3, 0.4) is 0 Å². The molecular formula is C16H20N2O3. The number of carbonyl (C=O) groups excluding carboxylic acids is 1. The number of nitrogens with zero attached hydrogens (tertiary/aromatic N) is 2. The zero-order chi connectivity index (χ0) is 15.1. The van der Waals surface area contributed by atoms with Crippen LogP contribution in [0.2, 0.25) is 0 Å². The fourth-order valence-electron chi connectivity index (χ4n) is 2.30. The number of rotatable bonds is 6. The Morgan fingerprint density at radius 1 is 1.48 bits per heavy atom. The molecule has 1 atom stereocenters. The summed E-state index contributed by atoms with van der Waals surface area (Å²) in [6.07, 6.45) is 2.24. The van der Waals surface area contributed by atoms with Crippen molar-refractivity contribution in [1.82, 2.24) is 4.90 Å². The quantitative estimate of drug-likeness (QED) is 0.803. The lowest BCUT2D eigenvalue weighted by Gasteiger charge is -2.24. The minimum Gasteiger partial charge on any atom is -0.484 e. The molecule has 0 saturated carbocycles. The van der Waals surface area contributed by atoms with Crippen molar-refractivity contribution in [2.24, 2.45) is 0 Å². The fourth-order valence-corrected chi connectivity index (χ4v) is 2.30. The highest BCUT2D eigenvalue weighted by Crippen LogP contribution is 2.14. The first-order valence-corrected chi connectivity index (χ1v) is 7.25. The number of ether oxygens (including phenoxy) is 2. The largest absolute Gasteiger partial charge is 0.484 e. The van der Waals surface area contributed by atoms with Crippen LogP contribution in [0.5, 0.6) is 5.75 Å². The van der Waals surface area contributed by atoms with Crippen molar-refractivity contribution in [3.05, 3.63) is 29.8 Å². The van der Waals surface area contributed by atoms with Gasteiger partial charge in [0, 0.05) is 19.7 Å². The Kier molecular flexibility index (Phi) is 5.59. The van der Waals surface area contributed by atoms with E-state index in [0.717, 1.165) is 19.4 Å². The molecule has 21 heavy (non-hydrogen) atoms. The Labute approximate surface area is 125 Å². The highest BCUT2D eigenvalue weighted by atomic mass is 16.5. The molecule has 1 aliphatic heterocycles. The highest BCUT2D eigenvalue weighted by molar-refractivity contribution is 5.77. The molecule has 0 radical (unpaired) electrons. The molecule has 1 heterocycles. The van der Waals surface area contributed by atoms with E-state index in [1.807, 2.05) is 13.0 Å². The second-order valence-corrected chi connectivity index (χ2v) is 4.99. The maximum absolute atomic E-state index is 12.2. The van der Waals surface area contributed by atoms with Crippen LogP contribution in [0.4, 0.5) is 0 Å². The van der Waals surface area contributed by atoms with Crippen molar-refractivity contribution in [2.45, 2.75) is 25.9 Å². The molecule has 1 fully saturated rings. The minimum absolute atomic E-state index is 0.00641. The number of nitriles is 1. The minimum atomic E-state index is -0.0441. The topological polar surface area (TPSA) is 62.6 Å². The molecule has 0 bridgehead atoms. The van der Waals surface area contributed by atoms with Gasteiger partial charge in [-0.3, -0.25) is 4.79 Å². The summed E-state index contributed by atoms with van der Waals surface area (Å²) < 4.78 is 11.0. The van der Waals surface area contributed by atoms with Crippen molar-refractivity contribution in [3.63, 3.8) is 0 Å². The van der Waals surface area contributed by atoms with Crippen LogP contribution in [0.1, 0.15) is 25.3 Å². The molecule has 0 spiro atoms. The Hall–Kier alpha value is -2.06. The number of amides is 1. The molecule has 2 rings (SSSR count). The summed E-state index contributed by atoms with van der Waals surface area (Å²) in [5.74, 6) is 0.549. The van der Waals surface area contributed by atoms with E-state index in [0.29, 0.717) is 24.4 Å². The summed E-state index contributed by atoms with van der Waals surface area (Å²) >= 11 is 0. The van der Waals surface area contributed by atoms with Gasteiger partial charge in [0.2, 0.25) is 0 Å². The average molecular weight is 288 g/mol. The van der Waals surface area contributed by atoms with Gasteiger partial charge in [-0.1, -0.05) is 0 Å². The first-order chi connectivity index (χ1) is 10.2. The zero-order valence-electron chi connectivity index (χ0n) is 12.2. The van der Waals surface area contributed by atoms with E-state index in [1.54, 1.807) is 29.2 Å². The summed E-state index contributed by atoms with van der Waals surface area (Å²) in [5.41, 5.74) is 0.572. The first kappa shape index (κ1) is 15.3. The SMILES string of the molecule is CCN(CC1CCCO1)C(=O)COc1ccc(C#N)cc1. The Morgan fingerprint density at radius 3 is 2.81 bits per heavy atom. The lowest BCUT2D eigenvalue weighted by atomic mass is 10.2. The predicted molar refractivity (Wildman–Crippen MR) is 77.9 cm³/mol. The highest BCUT2D eigenvalue weighted by Gasteiger charge is 2.21. The molecule has 0 N–H and O–H groups in total. The maximum atomic E-state index is 12.2. The molecule has 5 nitrogen and oxygen atoms in total. The maximum Gasteiger partial charge on any atom is 0.260 e.